The molecule has 0 unspecified atom stereocenters. The van der Waals surface area contributed by atoms with Crippen LogP contribution in [0.3, 0.4) is 0 Å². The van der Waals surface area contributed by atoms with E-state index in [0.717, 1.165) is 36.1 Å². The van der Waals surface area contributed by atoms with Gasteiger partial charge in [-0.15, -0.1) is 0 Å². The number of methoxy groups -OCH3 is 1. The van der Waals surface area contributed by atoms with E-state index in [2.05, 4.69) is 10.3 Å². The minimum absolute atomic E-state index is 0.0952. The standard InChI is InChI=1S/C23H28N2O5/c1-6-29-20(26)15-9-14-7-8-16(23-10-13(11-23)12-23)18(17(14)24-19(15)28-5)25-21(27)30-22(2,3)4/h7-9,13H,6,10-12H2,1-5H3,(H,25,27). The summed E-state index contributed by atoms with van der Waals surface area (Å²) in [6, 6.07) is 5.68. The highest BCUT2D eigenvalue weighted by Gasteiger charge is 2.58. The first-order chi connectivity index (χ1) is 14.2. The van der Waals surface area contributed by atoms with Gasteiger partial charge in [0.25, 0.3) is 0 Å². The first-order valence-electron chi connectivity index (χ1n) is 10.3. The van der Waals surface area contributed by atoms with Crippen molar-refractivity contribution in [2.75, 3.05) is 19.0 Å². The molecular formula is C23H28N2O5. The van der Waals surface area contributed by atoms with Crippen LogP contribution in [0.5, 0.6) is 5.88 Å². The van der Waals surface area contributed by atoms with Gasteiger partial charge >= 0.3 is 12.1 Å². The molecule has 3 aliphatic carbocycles. The monoisotopic (exact) mass is 412 g/mol. The maximum Gasteiger partial charge on any atom is 0.412 e. The van der Waals surface area contributed by atoms with Crippen molar-refractivity contribution in [3.05, 3.63) is 29.3 Å². The molecule has 1 amide bonds. The van der Waals surface area contributed by atoms with E-state index in [0.29, 0.717) is 11.2 Å². The van der Waals surface area contributed by atoms with Crippen molar-refractivity contribution < 1.29 is 23.8 Å². The van der Waals surface area contributed by atoms with Gasteiger partial charge in [0.05, 0.1) is 24.9 Å². The number of fused-ring (bicyclic) bond motifs is 1. The molecular weight excluding hydrogens is 384 g/mol. The van der Waals surface area contributed by atoms with Gasteiger partial charge < -0.3 is 14.2 Å². The number of carbonyl (C=O) groups is 2. The van der Waals surface area contributed by atoms with Crippen molar-refractivity contribution in [3.8, 4) is 5.88 Å². The average Bonchev–Trinajstić information content (AvgIpc) is 2.58. The Balaban J connectivity index is 1.83. The van der Waals surface area contributed by atoms with Crippen LogP contribution in [-0.4, -0.2) is 36.4 Å². The molecule has 0 aliphatic heterocycles. The number of anilines is 1. The van der Waals surface area contributed by atoms with E-state index in [1.807, 2.05) is 32.9 Å². The zero-order chi connectivity index (χ0) is 21.7. The normalized spacial score (nSPS) is 22.0. The maximum absolute atomic E-state index is 12.6. The van der Waals surface area contributed by atoms with Gasteiger partial charge in [0, 0.05) is 5.39 Å². The van der Waals surface area contributed by atoms with Crippen LogP contribution in [0.1, 0.15) is 62.9 Å². The summed E-state index contributed by atoms with van der Waals surface area (Å²) in [5.41, 5.74) is 2.02. The van der Waals surface area contributed by atoms with Crippen LogP contribution in [0.25, 0.3) is 10.9 Å². The Morgan fingerprint density at radius 3 is 2.47 bits per heavy atom. The smallest absolute Gasteiger partial charge is 0.412 e. The molecule has 30 heavy (non-hydrogen) atoms. The summed E-state index contributed by atoms with van der Waals surface area (Å²) in [7, 11) is 1.46. The topological polar surface area (TPSA) is 86.8 Å². The largest absolute Gasteiger partial charge is 0.480 e. The van der Waals surface area contributed by atoms with Crippen LogP contribution in [0.15, 0.2) is 18.2 Å². The van der Waals surface area contributed by atoms with Crippen LogP contribution in [0.4, 0.5) is 10.5 Å². The van der Waals surface area contributed by atoms with E-state index in [1.165, 1.54) is 7.11 Å². The minimum atomic E-state index is -0.618. The molecule has 160 valence electrons. The van der Waals surface area contributed by atoms with E-state index >= 15 is 0 Å². The molecule has 0 radical (unpaired) electrons. The Labute approximate surface area is 176 Å². The zero-order valence-electron chi connectivity index (χ0n) is 18.1. The lowest BCUT2D eigenvalue weighted by Gasteiger charge is -2.62. The molecule has 0 saturated heterocycles. The molecule has 1 N–H and O–H groups in total. The Kier molecular flexibility index (Phi) is 4.87. The highest BCUT2D eigenvalue weighted by molar-refractivity contribution is 6.03. The first kappa shape index (κ1) is 20.4. The predicted molar refractivity (Wildman–Crippen MR) is 113 cm³/mol. The molecule has 7 heteroatoms. The van der Waals surface area contributed by atoms with Crippen LogP contribution in [-0.2, 0) is 14.9 Å². The summed E-state index contributed by atoms with van der Waals surface area (Å²) in [5, 5.41) is 3.66. The second-order valence-electron chi connectivity index (χ2n) is 9.21. The summed E-state index contributed by atoms with van der Waals surface area (Å²) < 4.78 is 16.0. The van der Waals surface area contributed by atoms with Crippen LogP contribution < -0.4 is 10.1 Å². The van der Waals surface area contributed by atoms with Gasteiger partial charge in [0.15, 0.2) is 0 Å². The zero-order valence-corrected chi connectivity index (χ0v) is 18.1. The molecule has 3 fully saturated rings. The maximum atomic E-state index is 12.6. The lowest BCUT2D eigenvalue weighted by Crippen LogP contribution is -2.55. The highest BCUT2D eigenvalue weighted by Crippen LogP contribution is 2.66. The number of esters is 1. The van der Waals surface area contributed by atoms with Crippen molar-refractivity contribution in [2.45, 2.75) is 58.0 Å². The lowest BCUT2D eigenvalue weighted by molar-refractivity contribution is -0.0267. The van der Waals surface area contributed by atoms with Crippen molar-refractivity contribution in [1.82, 2.24) is 4.98 Å². The number of hydrogen-bond acceptors (Lipinski definition) is 6. The van der Waals surface area contributed by atoms with E-state index < -0.39 is 17.7 Å². The number of ether oxygens (including phenoxy) is 3. The number of nitrogens with one attached hydrogen (secondary N) is 1. The second-order valence-corrected chi connectivity index (χ2v) is 9.21. The fraction of sp³-hybridized carbons (Fsp3) is 0.522. The van der Waals surface area contributed by atoms with Gasteiger partial charge in [-0.25, -0.2) is 14.6 Å². The lowest BCUT2D eigenvalue weighted by atomic mass is 9.42. The minimum Gasteiger partial charge on any atom is -0.480 e. The Bertz CT molecular complexity index is 1010. The number of benzene rings is 1. The molecule has 1 aromatic heterocycles. The first-order valence-corrected chi connectivity index (χ1v) is 10.3. The summed E-state index contributed by atoms with van der Waals surface area (Å²) >= 11 is 0. The van der Waals surface area contributed by atoms with Gasteiger partial charge in [-0.3, -0.25) is 5.32 Å². The average molecular weight is 412 g/mol. The van der Waals surface area contributed by atoms with E-state index in [1.54, 1.807) is 13.0 Å². The van der Waals surface area contributed by atoms with E-state index in [4.69, 9.17) is 14.2 Å². The van der Waals surface area contributed by atoms with Crippen molar-refractivity contribution in [2.24, 2.45) is 5.92 Å². The van der Waals surface area contributed by atoms with Crippen molar-refractivity contribution in [1.29, 1.82) is 0 Å². The Morgan fingerprint density at radius 2 is 1.93 bits per heavy atom. The van der Waals surface area contributed by atoms with Gasteiger partial charge in [0.1, 0.15) is 11.2 Å². The molecule has 0 spiro atoms. The number of carbonyl (C=O) groups excluding carboxylic acids is 2. The van der Waals surface area contributed by atoms with Crippen LogP contribution in [0, 0.1) is 5.92 Å². The molecule has 7 nitrogen and oxygen atoms in total. The molecule has 1 aromatic carbocycles. The number of nitrogens with zero attached hydrogens (tertiary/aromatic N) is 1. The summed E-state index contributed by atoms with van der Waals surface area (Å²) in [5.74, 6) is 0.459. The second kappa shape index (κ2) is 7.15. The summed E-state index contributed by atoms with van der Waals surface area (Å²) in [6.45, 7) is 7.48. The van der Waals surface area contributed by atoms with Gasteiger partial charge in [0.2, 0.25) is 5.88 Å². The van der Waals surface area contributed by atoms with Gasteiger partial charge in [-0.2, -0.15) is 0 Å². The third-order valence-corrected chi connectivity index (χ3v) is 5.88. The number of pyridine rings is 1. The molecule has 3 saturated carbocycles. The van der Waals surface area contributed by atoms with Gasteiger partial charge in [-0.1, -0.05) is 12.1 Å². The molecule has 2 aromatic rings. The third-order valence-electron chi connectivity index (χ3n) is 5.88. The Hall–Kier alpha value is -2.83. The molecule has 1 heterocycles. The predicted octanol–water partition coefficient (Wildman–Crippen LogP) is 4.82. The SMILES string of the molecule is CCOC(=O)c1cc2ccc(C34CC(C3)C4)c(NC(=O)OC(C)(C)C)c2nc1OC. The number of hydrogen-bond donors (Lipinski definition) is 1. The van der Waals surface area contributed by atoms with Gasteiger partial charge in [-0.05, 0) is 69.9 Å². The summed E-state index contributed by atoms with van der Waals surface area (Å²) in [4.78, 5) is 29.6. The summed E-state index contributed by atoms with van der Waals surface area (Å²) in [6.07, 6.45) is 2.84. The fourth-order valence-corrected chi connectivity index (χ4v) is 4.52. The van der Waals surface area contributed by atoms with E-state index in [9.17, 15) is 9.59 Å². The molecule has 2 bridgehead atoms. The molecule has 5 rings (SSSR count). The van der Waals surface area contributed by atoms with Crippen molar-refractivity contribution in [3.63, 3.8) is 0 Å². The fourth-order valence-electron chi connectivity index (χ4n) is 4.52. The Morgan fingerprint density at radius 1 is 1.23 bits per heavy atom. The number of rotatable bonds is 5. The quantitative estimate of drug-likeness (QED) is 0.709. The van der Waals surface area contributed by atoms with Crippen LogP contribution >= 0.6 is 0 Å². The number of amides is 1. The highest BCUT2D eigenvalue weighted by atomic mass is 16.6. The number of aromatic nitrogens is 1. The van der Waals surface area contributed by atoms with Crippen LogP contribution in [0.2, 0.25) is 0 Å². The molecule has 0 atom stereocenters. The molecule has 3 aliphatic rings. The van der Waals surface area contributed by atoms with Crippen molar-refractivity contribution >= 4 is 28.7 Å². The van der Waals surface area contributed by atoms with E-state index in [-0.39, 0.29) is 23.5 Å². The third kappa shape index (κ3) is 3.46.